The minimum atomic E-state index is -1.04. The lowest BCUT2D eigenvalue weighted by Gasteiger charge is -2.29. The predicted octanol–water partition coefficient (Wildman–Crippen LogP) is 2.68. The van der Waals surface area contributed by atoms with Gasteiger partial charge in [0.25, 0.3) is 5.91 Å². The molecule has 0 saturated carbocycles. The molecule has 0 aliphatic carbocycles. The molecule has 2 aliphatic heterocycles. The molecule has 5 rings (SSSR count). The second-order valence-electron chi connectivity index (χ2n) is 6.84. The molecule has 1 unspecified atom stereocenters. The van der Waals surface area contributed by atoms with Crippen molar-refractivity contribution in [3.8, 4) is 5.69 Å². The number of tetrazole rings is 1. The Kier molecular flexibility index (Phi) is 3.91. The highest BCUT2D eigenvalue weighted by Crippen LogP contribution is 2.56. The first-order chi connectivity index (χ1) is 14.0. The maximum absolute atomic E-state index is 14.3. The van der Waals surface area contributed by atoms with E-state index in [4.69, 9.17) is 0 Å². The average molecular weight is 410 g/mol. The van der Waals surface area contributed by atoms with Gasteiger partial charge in [0.05, 0.1) is 5.69 Å². The number of nitrogens with zero attached hydrogens (tertiary/aromatic N) is 5. The molecule has 29 heavy (non-hydrogen) atoms. The molecule has 3 heterocycles. The first-order valence-electron chi connectivity index (χ1n) is 8.97. The first-order valence-corrected chi connectivity index (χ1v) is 9.79. The van der Waals surface area contributed by atoms with Crippen molar-refractivity contribution in [2.75, 3.05) is 10.2 Å². The second kappa shape index (κ2) is 6.38. The lowest BCUT2D eigenvalue weighted by molar-refractivity contribution is -0.121. The molecule has 3 aromatic rings. The van der Waals surface area contributed by atoms with Crippen molar-refractivity contribution < 1.29 is 14.0 Å². The third kappa shape index (κ3) is 2.63. The van der Waals surface area contributed by atoms with E-state index in [0.717, 1.165) is 10.6 Å². The maximum Gasteiger partial charge on any atom is 0.261 e. The third-order valence-corrected chi connectivity index (χ3v) is 6.56. The van der Waals surface area contributed by atoms with Crippen molar-refractivity contribution >= 4 is 35.0 Å². The van der Waals surface area contributed by atoms with Crippen LogP contribution in [-0.4, -0.2) is 36.9 Å². The summed E-state index contributed by atoms with van der Waals surface area (Å²) in [6.07, 6.45) is 0.699. The van der Waals surface area contributed by atoms with E-state index >= 15 is 0 Å². The lowest BCUT2D eigenvalue weighted by atomic mass is 10.1. The van der Waals surface area contributed by atoms with Crippen LogP contribution in [0.25, 0.3) is 5.69 Å². The minimum Gasteiger partial charge on any atom is -0.323 e. The van der Waals surface area contributed by atoms with Gasteiger partial charge in [-0.1, -0.05) is 23.9 Å². The lowest BCUT2D eigenvalue weighted by Crippen LogP contribution is -2.49. The number of aryl methyl sites for hydroxylation is 1. The van der Waals surface area contributed by atoms with Crippen molar-refractivity contribution in [2.45, 2.75) is 29.5 Å². The molecule has 0 bridgehead atoms. The summed E-state index contributed by atoms with van der Waals surface area (Å²) in [7, 11) is 0. The van der Waals surface area contributed by atoms with Gasteiger partial charge in [0.1, 0.15) is 11.5 Å². The molecule has 1 aromatic heterocycles. The SMILES string of the molecule is Cc1nnnn1-c1cc(NC(=O)C23CCC(=O)N2c2ccccc2S3)ccc1F. The summed E-state index contributed by atoms with van der Waals surface area (Å²) in [5.74, 6) is -0.505. The van der Waals surface area contributed by atoms with Gasteiger partial charge in [0.15, 0.2) is 10.7 Å². The third-order valence-electron chi connectivity index (χ3n) is 5.09. The molecular formula is C19H15FN6O2S. The summed E-state index contributed by atoms with van der Waals surface area (Å²) < 4.78 is 15.6. The Bertz CT molecular complexity index is 1170. The van der Waals surface area contributed by atoms with Gasteiger partial charge in [0.2, 0.25) is 5.91 Å². The Morgan fingerprint density at radius 1 is 1.24 bits per heavy atom. The number of rotatable bonds is 3. The summed E-state index contributed by atoms with van der Waals surface area (Å²) >= 11 is 1.37. The normalized spacial score (nSPS) is 19.9. The number of carbonyl (C=O) groups is 2. The van der Waals surface area contributed by atoms with Gasteiger partial charge in [-0.2, -0.15) is 4.68 Å². The highest BCUT2D eigenvalue weighted by Gasteiger charge is 2.57. The molecule has 2 aliphatic rings. The van der Waals surface area contributed by atoms with E-state index in [2.05, 4.69) is 20.8 Å². The molecule has 1 atom stereocenters. The van der Waals surface area contributed by atoms with Gasteiger partial charge < -0.3 is 5.32 Å². The number of amides is 2. The number of hydrogen-bond acceptors (Lipinski definition) is 6. The number of para-hydroxylation sites is 1. The fourth-order valence-corrected chi connectivity index (χ4v) is 5.15. The van der Waals surface area contributed by atoms with Crippen molar-refractivity contribution in [3.05, 3.63) is 54.1 Å². The van der Waals surface area contributed by atoms with Crippen LogP contribution in [-0.2, 0) is 9.59 Å². The maximum atomic E-state index is 14.3. The molecule has 2 amide bonds. The fourth-order valence-electron chi connectivity index (χ4n) is 3.73. The van der Waals surface area contributed by atoms with E-state index in [9.17, 15) is 14.0 Å². The molecule has 146 valence electrons. The van der Waals surface area contributed by atoms with Crippen LogP contribution >= 0.6 is 11.8 Å². The van der Waals surface area contributed by atoms with Crippen LogP contribution < -0.4 is 10.2 Å². The van der Waals surface area contributed by atoms with Gasteiger partial charge in [0, 0.05) is 17.0 Å². The van der Waals surface area contributed by atoms with Crippen molar-refractivity contribution in [3.63, 3.8) is 0 Å². The van der Waals surface area contributed by atoms with Crippen LogP contribution in [0, 0.1) is 12.7 Å². The van der Waals surface area contributed by atoms with E-state index in [0.29, 0.717) is 24.4 Å². The summed E-state index contributed by atoms with van der Waals surface area (Å²) in [6, 6.07) is 11.7. The van der Waals surface area contributed by atoms with Crippen molar-refractivity contribution in [2.24, 2.45) is 0 Å². The Morgan fingerprint density at radius 2 is 2.07 bits per heavy atom. The standard InChI is InChI=1S/C19H15FN6O2S/c1-11-22-23-24-26(11)15-10-12(6-7-13(15)20)21-18(28)19-9-8-17(27)25(19)14-4-2-3-5-16(14)29-19/h2-7,10H,8-9H2,1H3,(H,21,28). The van der Waals surface area contributed by atoms with E-state index in [-0.39, 0.29) is 17.5 Å². The Morgan fingerprint density at radius 3 is 2.86 bits per heavy atom. The molecule has 1 N–H and O–H groups in total. The van der Waals surface area contributed by atoms with Gasteiger partial charge >= 0.3 is 0 Å². The molecule has 1 fully saturated rings. The van der Waals surface area contributed by atoms with Gasteiger partial charge in [-0.25, -0.2) is 4.39 Å². The van der Waals surface area contributed by atoms with E-state index < -0.39 is 10.7 Å². The van der Waals surface area contributed by atoms with Crippen LogP contribution in [0.3, 0.4) is 0 Å². The largest absolute Gasteiger partial charge is 0.323 e. The van der Waals surface area contributed by atoms with Crippen LogP contribution in [0.4, 0.5) is 15.8 Å². The van der Waals surface area contributed by atoms with Gasteiger partial charge in [-0.05, 0) is 54.1 Å². The average Bonchev–Trinajstić information content (AvgIpc) is 3.37. The Balaban J connectivity index is 1.49. The monoisotopic (exact) mass is 410 g/mol. The zero-order valence-electron chi connectivity index (χ0n) is 15.3. The minimum absolute atomic E-state index is 0.0818. The van der Waals surface area contributed by atoms with Gasteiger partial charge in [-0.3, -0.25) is 14.5 Å². The Hall–Kier alpha value is -3.27. The highest BCUT2D eigenvalue weighted by atomic mass is 32.2. The van der Waals surface area contributed by atoms with Crippen molar-refractivity contribution in [1.29, 1.82) is 0 Å². The number of halogens is 1. The van der Waals surface area contributed by atoms with Gasteiger partial charge in [-0.15, -0.1) is 5.10 Å². The molecule has 1 saturated heterocycles. The number of benzene rings is 2. The summed E-state index contributed by atoms with van der Waals surface area (Å²) in [5.41, 5.74) is 1.27. The summed E-state index contributed by atoms with van der Waals surface area (Å²) in [5, 5.41) is 13.9. The predicted molar refractivity (Wildman–Crippen MR) is 104 cm³/mol. The summed E-state index contributed by atoms with van der Waals surface area (Å²) in [6.45, 7) is 1.65. The number of aromatic nitrogens is 4. The van der Waals surface area contributed by atoms with E-state index in [1.54, 1.807) is 11.8 Å². The second-order valence-corrected chi connectivity index (χ2v) is 8.16. The number of thioether (sulfide) groups is 1. The molecule has 0 radical (unpaired) electrons. The first kappa shape index (κ1) is 17.8. The van der Waals surface area contributed by atoms with Crippen LogP contribution in [0.15, 0.2) is 47.4 Å². The van der Waals surface area contributed by atoms with E-state index in [1.807, 2.05) is 24.3 Å². The number of fused-ring (bicyclic) bond motifs is 3. The van der Waals surface area contributed by atoms with Crippen LogP contribution in [0.1, 0.15) is 18.7 Å². The molecule has 0 spiro atoms. The van der Waals surface area contributed by atoms with E-state index in [1.165, 1.54) is 34.6 Å². The van der Waals surface area contributed by atoms with Crippen LogP contribution in [0.5, 0.6) is 0 Å². The quantitative estimate of drug-likeness (QED) is 0.714. The zero-order chi connectivity index (χ0) is 20.2. The fraction of sp³-hybridized carbons (Fsp3) is 0.211. The number of hydrogen-bond donors (Lipinski definition) is 1. The zero-order valence-corrected chi connectivity index (χ0v) is 16.1. The smallest absolute Gasteiger partial charge is 0.261 e. The molecular weight excluding hydrogens is 395 g/mol. The number of anilines is 2. The highest BCUT2D eigenvalue weighted by molar-refractivity contribution is 8.02. The molecule has 10 heteroatoms. The summed E-state index contributed by atoms with van der Waals surface area (Å²) in [4.78, 5) is 27.3. The van der Waals surface area contributed by atoms with Crippen LogP contribution in [0.2, 0.25) is 0 Å². The van der Waals surface area contributed by atoms with Crippen molar-refractivity contribution in [1.82, 2.24) is 20.2 Å². The molecule has 8 nitrogen and oxygen atoms in total. The number of carbonyl (C=O) groups excluding carboxylic acids is 2. The number of nitrogens with one attached hydrogen (secondary N) is 1. The molecule has 2 aromatic carbocycles. The topological polar surface area (TPSA) is 93.0 Å². The Labute approximate surface area is 169 Å².